The van der Waals surface area contributed by atoms with Crippen LogP contribution in [-0.4, -0.2) is 22.5 Å². The number of rotatable bonds is 1. The van der Waals surface area contributed by atoms with E-state index in [4.69, 9.17) is 4.74 Å². The van der Waals surface area contributed by atoms with E-state index >= 15 is 0 Å². The Hall–Kier alpha value is -1.84. The number of hydrogen-bond acceptors (Lipinski definition) is 3. The highest BCUT2D eigenvalue weighted by Crippen LogP contribution is 2.10. The third-order valence-electron chi connectivity index (χ3n) is 1.87. The topological polar surface area (TPSA) is 44.1 Å². The van der Waals surface area contributed by atoms with Gasteiger partial charge in [0.2, 0.25) is 0 Å². The maximum Gasteiger partial charge on any atom is 0.434 e. The van der Waals surface area contributed by atoms with Gasteiger partial charge in [0.1, 0.15) is 0 Å². The molecule has 0 aliphatic carbocycles. The summed E-state index contributed by atoms with van der Waals surface area (Å²) in [5.41, 5.74) is 0.792. The second-order valence-corrected chi connectivity index (χ2v) is 2.83. The van der Waals surface area contributed by atoms with Crippen molar-refractivity contribution in [2.45, 2.75) is 6.92 Å². The summed E-state index contributed by atoms with van der Waals surface area (Å²) < 4.78 is 6.04. The van der Waals surface area contributed by atoms with Gasteiger partial charge in [-0.05, 0) is 13.0 Å². The summed E-state index contributed by atoms with van der Waals surface area (Å²) in [6.45, 7) is 2.12. The van der Waals surface area contributed by atoms with E-state index in [9.17, 15) is 4.79 Å². The molecule has 0 N–H and O–H groups in total. The van der Waals surface area contributed by atoms with Crippen LogP contribution in [0.15, 0.2) is 30.5 Å². The largest absolute Gasteiger partial charge is 0.448 e. The number of fused-ring (bicyclic) bond motifs is 1. The molecule has 2 rings (SSSR count). The van der Waals surface area contributed by atoms with Crippen molar-refractivity contribution in [3.63, 3.8) is 0 Å². The van der Waals surface area contributed by atoms with E-state index < -0.39 is 6.09 Å². The first-order valence-corrected chi connectivity index (χ1v) is 4.43. The molecule has 0 aliphatic rings. The Kier molecular flexibility index (Phi) is 2.18. The van der Waals surface area contributed by atoms with Crippen LogP contribution in [0.1, 0.15) is 6.92 Å². The molecule has 0 saturated heterocycles. The normalized spacial score (nSPS) is 10.4. The van der Waals surface area contributed by atoms with E-state index in [1.807, 2.05) is 24.3 Å². The molecule has 4 heteroatoms. The number of aromatic nitrogens is 2. The van der Waals surface area contributed by atoms with Gasteiger partial charge in [0.25, 0.3) is 0 Å². The van der Waals surface area contributed by atoms with Gasteiger partial charge in [0.05, 0.1) is 12.1 Å². The number of benzene rings is 1. The SMILES string of the molecule is CCOC(=O)n1cc2ccccc2n1. The van der Waals surface area contributed by atoms with Gasteiger partial charge in [-0.3, -0.25) is 0 Å². The second-order valence-electron chi connectivity index (χ2n) is 2.83. The first kappa shape index (κ1) is 8.74. The maximum absolute atomic E-state index is 11.3. The van der Waals surface area contributed by atoms with Crippen molar-refractivity contribution in [1.82, 2.24) is 9.78 Å². The molecular weight excluding hydrogens is 180 g/mol. The Morgan fingerprint density at radius 3 is 3.00 bits per heavy atom. The molecule has 0 radical (unpaired) electrons. The summed E-state index contributed by atoms with van der Waals surface area (Å²) in [6.07, 6.45) is 1.22. The van der Waals surface area contributed by atoms with Gasteiger partial charge in [-0.1, -0.05) is 18.2 Å². The summed E-state index contributed by atoms with van der Waals surface area (Å²) in [6, 6.07) is 7.54. The van der Waals surface area contributed by atoms with Crippen molar-refractivity contribution >= 4 is 17.0 Å². The van der Waals surface area contributed by atoms with Gasteiger partial charge >= 0.3 is 6.09 Å². The lowest BCUT2D eigenvalue weighted by atomic mass is 10.3. The van der Waals surface area contributed by atoms with Gasteiger partial charge in [-0.2, -0.15) is 9.78 Å². The van der Waals surface area contributed by atoms with Crippen molar-refractivity contribution in [3.05, 3.63) is 30.5 Å². The fraction of sp³-hybridized carbons (Fsp3) is 0.200. The molecule has 0 spiro atoms. The van der Waals surface area contributed by atoms with Crippen LogP contribution in [0.5, 0.6) is 0 Å². The first-order valence-electron chi connectivity index (χ1n) is 4.43. The zero-order chi connectivity index (χ0) is 9.97. The second kappa shape index (κ2) is 3.49. The molecule has 4 nitrogen and oxygen atoms in total. The zero-order valence-corrected chi connectivity index (χ0v) is 7.80. The van der Waals surface area contributed by atoms with Crippen LogP contribution in [-0.2, 0) is 4.74 Å². The van der Waals surface area contributed by atoms with Gasteiger partial charge in [-0.25, -0.2) is 4.79 Å². The molecule has 0 amide bonds. The predicted octanol–water partition coefficient (Wildman–Crippen LogP) is 2.04. The average molecular weight is 190 g/mol. The van der Waals surface area contributed by atoms with E-state index in [1.165, 1.54) is 4.68 Å². The molecule has 1 aromatic heterocycles. The lowest BCUT2D eigenvalue weighted by molar-refractivity contribution is 0.150. The van der Waals surface area contributed by atoms with Crippen molar-refractivity contribution in [2.75, 3.05) is 6.61 Å². The van der Waals surface area contributed by atoms with E-state index in [0.29, 0.717) is 6.61 Å². The third-order valence-corrected chi connectivity index (χ3v) is 1.87. The zero-order valence-electron chi connectivity index (χ0n) is 7.80. The summed E-state index contributed by atoms with van der Waals surface area (Å²) >= 11 is 0. The molecule has 14 heavy (non-hydrogen) atoms. The highest BCUT2D eigenvalue weighted by atomic mass is 16.5. The van der Waals surface area contributed by atoms with Gasteiger partial charge in [-0.15, -0.1) is 0 Å². The molecule has 0 aliphatic heterocycles. The summed E-state index contributed by atoms with van der Waals surface area (Å²) in [5, 5.41) is 5.00. The van der Waals surface area contributed by atoms with Crippen LogP contribution >= 0.6 is 0 Å². The molecular formula is C10H10N2O2. The monoisotopic (exact) mass is 190 g/mol. The Labute approximate surface area is 81.1 Å². The first-order chi connectivity index (χ1) is 6.81. The van der Waals surface area contributed by atoms with Crippen molar-refractivity contribution in [1.29, 1.82) is 0 Å². The van der Waals surface area contributed by atoms with Crippen molar-refractivity contribution < 1.29 is 9.53 Å². The molecule has 2 aromatic rings. The highest BCUT2D eigenvalue weighted by molar-refractivity contribution is 5.82. The summed E-state index contributed by atoms with van der Waals surface area (Å²) in [5.74, 6) is 0. The van der Waals surface area contributed by atoms with Crippen LogP contribution in [0.4, 0.5) is 4.79 Å². The van der Waals surface area contributed by atoms with Crippen molar-refractivity contribution in [3.8, 4) is 0 Å². The molecule has 1 heterocycles. The van der Waals surface area contributed by atoms with Crippen LogP contribution in [0.2, 0.25) is 0 Å². The van der Waals surface area contributed by atoms with Crippen LogP contribution < -0.4 is 0 Å². The fourth-order valence-corrected chi connectivity index (χ4v) is 1.25. The number of carbonyl (C=O) groups excluding carboxylic acids is 1. The predicted molar refractivity (Wildman–Crippen MR) is 52.2 cm³/mol. The standard InChI is InChI=1S/C10H10N2O2/c1-2-14-10(13)12-7-8-5-3-4-6-9(8)11-12/h3-7H,2H2,1H3. The Morgan fingerprint density at radius 1 is 1.50 bits per heavy atom. The molecule has 0 fully saturated rings. The lowest BCUT2D eigenvalue weighted by Crippen LogP contribution is -2.13. The van der Waals surface area contributed by atoms with E-state index in [2.05, 4.69) is 5.10 Å². The van der Waals surface area contributed by atoms with Gasteiger partial charge < -0.3 is 4.74 Å². The van der Waals surface area contributed by atoms with E-state index in [1.54, 1.807) is 13.1 Å². The average Bonchev–Trinajstić information content (AvgIpc) is 2.61. The molecule has 0 saturated carbocycles. The Morgan fingerprint density at radius 2 is 2.29 bits per heavy atom. The minimum absolute atomic E-state index is 0.356. The molecule has 0 bridgehead atoms. The van der Waals surface area contributed by atoms with Gasteiger partial charge in [0.15, 0.2) is 0 Å². The Balaban J connectivity index is 2.40. The molecule has 72 valence electrons. The minimum atomic E-state index is -0.441. The fourth-order valence-electron chi connectivity index (χ4n) is 1.25. The molecule has 0 atom stereocenters. The lowest BCUT2D eigenvalue weighted by Gasteiger charge is -1.98. The third kappa shape index (κ3) is 1.46. The molecule has 0 unspecified atom stereocenters. The number of nitrogens with zero attached hydrogens (tertiary/aromatic N) is 2. The van der Waals surface area contributed by atoms with Crippen LogP contribution in [0, 0.1) is 0 Å². The van der Waals surface area contributed by atoms with E-state index in [0.717, 1.165) is 10.9 Å². The minimum Gasteiger partial charge on any atom is -0.448 e. The van der Waals surface area contributed by atoms with Gasteiger partial charge in [0, 0.05) is 11.6 Å². The van der Waals surface area contributed by atoms with Crippen LogP contribution in [0.25, 0.3) is 10.9 Å². The number of hydrogen-bond donors (Lipinski definition) is 0. The molecule has 1 aromatic carbocycles. The van der Waals surface area contributed by atoms with Crippen molar-refractivity contribution in [2.24, 2.45) is 0 Å². The smallest absolute Gasteiger partial charge is 0.434 e. The highest BCUT2D eigenvalue weighted by Gasteiger charge is 2.07. The number of ether oxygens (including phenoxy) is 1. The number of carbonyl (C=O) groups is 1. The van der Waals surface area contributed by atoms with E-state index in [-0.39, 0.29) is 0 Å². The maximum atomic E-state index is 11.3. The summed E-state index contributed by atoms with van der Waals surface area (Å²) in [4.78, 5) is 11.3. The quantitative estimate of drug-likeness (QED) is 0.691. The Bertz CT molecular complexity index is 429. The van der Waals surface area contributed by atoms with Crippen LogP contribution in [0.3, 0.4) is 0 Å². The summed E-state index contributed by atoms with van der Waals surface area (Å²) in [7, 11) is 0.